The van der Waals surface area contributed by atoms with Gasteiger partial charge in [-0.05, 0) is 38.5 Å². The zero-order valence-electron chi connectivity index (χ0n) is 13.1. The summed E-state index contributed by atoms with van der Waals surface area (Å²) >= 11 is 0. The van der Waals surface area contributed by atoms with E-state index in [4.69, 9.17) is 9.57 Å². The van der Waals surface area contributed by atoms with Crippen molar-refractivity contribution in [2.24, 2.45) is 0 Å². The summed E-state index contributed by atoms with van der Waals surface area (Å²) in [7, 11) is 1.34. The molecule has 1 amide bonds. The van der Waals surface area contributed by atoms with Crippen LogP contribution in [0.1, 0.15) is 26.3 Å². The lowest BCUT2D eigenvalue weighted by Crippen LogP contribution is -2.32. The van der Waals surface area contributed by atoms with E-state index in [-0.39, 0.29) is 0 Å². The van der Waals surface area contributed by atoms with Crippen molar-refractivity contribution in [2.45, 2.75) is 32.9 Å². The Labute approximate surface area is 129 Å². The molecule has 0 saturated heterocycles. The number of ether oxygens (including phenoxy) is 1. The molecule has 1 aromatic carbocycles. The molecule has 7 nitrogen and oxygen atoms in total. The predicted molar refractivity (Wildman–Crippen MR) is 80.1 cm³/mol. The van der Waals surface area contributed by atoms with Crippen LogP contribution in [0.3, 0.4) is 0 Å². The molecule has 7 heteroatoms. The van der Waals surface area contributed by atoms with Gasteiger partial charge in [0.15, 0.2) is 6.11 Å². The Bertz CT molecular complexity index is 543. The van der Waals surface area contributed by atoms with Gasteiger partial charge in [-0.2, -0.15) is 4.89 Å². The minimum atomic E-state index is -0.524. The molecule has 0 aliphatic heterocycles. The molecule has 0 aliphatic carbocycles. The van der Waals surface area contributed by atoms with Gasteiger partial charge in [0.25, 0.3) is 0 Å². The zero-order chi connectivity index (χ0) is 16.4. The van der Waals surface area contributed by atoms with Crippen molar-refractivity contribution in [3.8, 4) is 12.2 Å². The molecule has 0 fully saturated rings. The number of amides is 1. The fourth-order valence-electron chi connectivity index (χ4n) is 1.40. The van der Waals surface area contributed by atoms with E-state index in [1.165, 1.54) is 7.11 Å². The zero-order valence-corrected chi connectivity index (χ0v) is 13.1. The number of carbonyl (C=O) groups is 1. The van der Waals surface area contributed by atoms with Crippen molar-refractivity contribution in [1.82, 2.24) is 5.32 Å². The van der Waals surface area contributed by atoms with Gasteiger partial charge in [0.2, 0.25) is 6.11 Å². The van der Waals surface area contributed by atoms with Gasteiger partial charge in [0.05, 0.1) is 12.8 Å². The van der Waals surface area contributed by atoms with Crippen LogP contribution >= 0.6 is 0 Å². The third-order valence-electron chi connectivity index (χ3n) is 2.15. The number of nitrogens with one attached hydrogen (secondary N) is 2. The maximum atomic E-state index is 11.6. The summed E-state index contributed by atoms with van der Waals surface area (Å²) in [6.45, 7) is 5.76. The summed E-state index contributed by atoms with van der Waals surface area (Å²) in [5.74, 6) is 0. The lowest BCUT2D eigenvalue weighted by Gasteiger charge is -2.19. The van der Waals surface area contributed by atoms with Gasteiger partial charge in [0, 0.05) is 6.54 Å². The average Bonchev–Trinajstić information content (AvgIpc) is 2.44. The van der Waals surface area contributed by atoms with Crippen molar-refractivity contribution >= 4 is 11.8 Å². The third kappa shape index (κ3) is 7.87. The van der Waals surface area contributed by atoms with Crippen molar-refractivity contribution in [3.05, 3.63) is 29.8 Å². The van der Waals surface area contributed by atoms with Crippen LogP contribution in [0.15, 0.2) is 24.3 Å². The van der Waals surface area contributed by atoms with Crippen molar-refractivity contribution in [1.29, 1.82) is 0 Å². The Morgan fingerprint density at radius 1 is 1.27 bits per heavy atom. The van der Waals surface area contributed by atoms with Crippen LogP contribution in [0.4, 0.5) is 10.5 Å². The van der Waals surface area contributed by atoms with E-state index in [0.717, 1.165) is 5.56 Å². The second-order valence-corrected chi connectivity index (χ2v) is 5.21. The molecule has 0 aliphatic rings. The van der Waals surface area contributed by atoms with Gasteiger partial charge in [-0.3, -0.25) is 4.89 Å². The van der Waals surface area contributed by atoms with E-state index in [1.807, 2.05) is 32.9 Å². The molecule has 0 bridgehead atoms. The molecule has 1 rings (SSSR count). The standard InChI is InChI=1S/C15H20N2O5/c1-15(2,3)22-14(18)16-11-12-6-5-7-13(10-12)17-20-8-9-21-19-4/h5-7,10,17H,11H2,1-4H3,(H,16,18). The summed E-state index contributed by atoms with van der Waals surface area (Å²) in [6.07, 6.45) is 3.92. The van der Waals surface area contributed by atoms with E-state index in [1.54, 1.807) is 12.1 Å². The number of anilines is 1. The fourth-order valence-corrected chi connectivity index (χ4v) is 1.40. The predicted octanol–water partition coefficient (Wildman–Crippen LogP) is 2.55. The second kappa shape index (κ2) is 8.64. The first-order valence-corrected chi connectivity index (χ1v) is 6.58. The maximum absolute atomic E-state index is 11.6. The summed E-state index contributed by atoms with van der Waals surface area (Å²) in [5, 5.41) is 2.67. The molecule has 0 aromatic heterocycles. The number of carbonyl (C=O) groups excluding carboxylic acids is 1. The minimum absolute atomic E-state index is 0.336. The molecule has 0 saturated carbocycles. The number of hydrogen-bond donors (Lipinski definition) is 2. The van der Waals surface area contributed by atoms with Crippen molar-refractivity contribution < 1.29 is 24.1 Å². The highest BCUT2D eigenvalue weighted by Gasteiger charge is 2.15. The van der Waals surface area contributed by atoms with Crippen LogP contribution < -0.4 is 10.8 Å². The fraction of sp³-hybridized carbons (Fsp3) is 0.400. The maximum Gasteiger partial charge on any atom is 0.407 e. The topological polar surface area (TPSA) is 78.0 Å². The average molecular weight is 308 g/mol. The SMILES string of the molecule is COOC#CONc1cccc(CNC(=O)OC(C)(C)C)c1. The molecule has 1 aromatic rings. The van der Waals surface area contributed by atoms with E-state index < -0.39 is 11.7 Å². The van der Waals surface area contributed by atoms with E-state index in [0.29, 0.717) is 12.2 Å². The van der Waals surface area contributed by atoms with Crippen LogP contribution in [-0.2, 0) is 25.9 Å². The van der Waals surface area contributed by atoms with Crippen LogP contribution in [0.5, 0.6) is 0 Å². The minimum Gasteiger partial charge on any atom is -0.444 e. The summed E-state index contributed by atoms with van der Waals surface area (Å²) in [6, 6.07) is 7.27. The molecule has 0 heterocycles. The normalized spacial score (nSPS) is 10.0. The Hall–Kier alpha value is -2.59. The van der Waals surface area contributed by atoms with Gasteiger partial charge in [-0.25, -0.2) is 10.3 Å². The highest BCUT2D eigenvalue weighted by Crippen LogP contribution is 2.11. The first-order valence-electron chi connectivity index (χ1n) is 6.58. The van der Waals surface area contributed by atoms with Gasteiger partial charge in [-0.1, -0.05) is 12.1 Å². The lowest BCUT2D eigenvalue weighted by molar-refractivity contribution is -0.210. The summed E-state index contributed by atoms with van der Waals surface area (Å²) < 4.78 is 5.16. The number of alkyl carbamates (subject to hydrolysis) is 1. The molecule has 0 spiro atoms. The Kier molecular flexibility index (Phi) is 6.86. The number of rotatable bonds is 5. The molecule has 2 N–H and O–H groups in total. The van der Waals surface area contributed by atoms with E-state index in [2.05, 4.69) is 32.8 Å². The van der Waals surface area contributed by atoms with E-state index >= 15 is 0 Å². The van der Waals surface area contributed by atoms with Gasteiger partial charge >= 0.3 is 6.09 Å². The molecule has 0 radical (unpaired) electrons. The third-order valence-corrected chi connectivity index (χ3v) is 2.15. The summed E-state index contributed by atoms with van der Waals surface area (Å²) in [4.78, 5) is 25.0. The lowest BCUT2D eigenvalue weighted by atomic mass is 10.2. The first kappa shape index (κ1) is 17.5. The molecule has 120 valence electrons. The largest absolute Gasteiger partial charge is 0.444 e. The Morgan fingerprint density at radius 3 is 2.73 bits per heavy atom. The molecular formula is C15H20N2O5. The van der Waals surface area contributed by atoms with Crippen LogP contribution in [0.25, 0.3) is 0 Å². The highest BCUT2D eigenvalue weighted by atomic mass is 17.2. The Balaban J connectivity index is 2.44. The number of benzene rings is 1. The smallest absolute Gasteiger partial charge is 0.407 e. The molecule has 22 heavy (non-hydrogen) atoms. The molecule has 0 unspecified atom stereocenters. The van der Waals surface area contributed by atoms with Crippen LogP contribution in [0.2, 0.25) is 0 Å². The number of hydrogen-bond acceptors (Lipinski definition) is 6. The van der Waals surface area contributed by atoms with Gasteiger partial charge in [0.1, 0.15) is 5.60 Å². The van der Waals surface area contributed by atoms with E-state index in [9.17, 15) is 4.79 Å². The second-order valence-electron chi connectivity index (χ2n) is 5.21. The Morgan fingerprint density at radius 2 is 2.05 bits per heavy atom. The van der Waals surface area contributed by atoms with Crippen molar-refractivity contribution in [3.63, 3.8) is 0 Å². The van der Waals surface area contributed by atoms with Gasteiger partial charge in [-0.15, -0.1) is 0 Å². The van der Waals surface area contributed by atoms with Crippen LogP contribution in [-0.4, -0.2) is 18.8 Å². The monoisotopic (exact) mass is 308 g/mol. The van der Waals surface area contributed by atoms with Gasteiger partial charge < -0.3 is 14.9 Å². The first-order chi connectivity index (χ1) is 10.4. The quantitative estimate of drug-likeness (QED) is 0.494. The highest BCUT2D eigenvalue weighted by molar-refractivity contribution is 5.67. The molecular weight excluding hydrogens is 288 g/mol. The van der Waals surface area contributed by atoms with Crippen molar-refractivity contribution in [2.75, 3.05) is 12.6 Å². The molecule has 0 atom stereocenters. The summed E-state index contributed by atoms with van der Waals surface area (Å²) in [5.41, 5.74) is 3.64. The van der Waals surface area contributed by atoms with Crippen LogP contribution in [0, 0.1) is 12.2 Å².